The zero-order valence-corrected chi connectivity index (χ0v) is 12.8. The van der Waals surface area contributed by atoms with E-state index in [0.29, 0.717) is 15.8 Å². The second-order valence-electron chi connectivity index (χ2n) is 4.23. The lowest BCUT2D eigenvalue weighted by Gasteiger charge is -2.09. The first-order valence-corrected chi connectivity index (χ1v) is 7.36. The summed E-state index contributed by atoms with van der Waals surface area (Å²) in [5, 5.41) is 2.70. The van der Waals surface area contributed by atoms with Crippen molar-refractivity contribution in [3.63, 3.8) is 0 Å². The van der Waals surface area contributed by atoms with Crippen molar-refractivity contribution in [3.8, 4) is 0 Å². The molecular weight excluding hydrogens is 292 g/mol. The molecule has 0 saturated carbocycles. The molecular formula is C14H14N2O2S2. The number of likely N-dealkylation sites (N-methyl/N-ethyl adjacent to an activating group) is 1. The van der Waals surface area contributed by atoms with Gasteiger partial charge in [0, 0.05) is 19.2 Å². The number of benzene rings is 1. The highest BCUT2D eigenvalue weighted by Gasteiger charge is 2.30. The van der Waals surface area contributed by atoms with Crippen LogP contribution in [0.3, 0.4) is 0 Å². The molecule has 0 radical (unpaired) electrons. The maximum Gasteiger partial charge on any atom is 0.266 e. The van der Waals surface area contributed by atoms with Gasteiger partial charge < -0.3 is 5.32 Å². The fraction of sp³-hybridized carbons (Fsp3) is 0.214. The number of amides is 2. The predicted molar refractivity (Wildman–Crippen MR) is 86.3 cm³/mol. The van der Waals surface area contributed by atoms with Gasteiger partial charge in [0.05, 0.1) is 4.91 Å². The maximum absolute atomic E-state index is 12.1. The average Bonchev–Trinajstić information content (AvgIpc) is 2.66. The van der Waals surface area contributed by atoms with Crippen LogP contribution in [0.5, 0.6) is 0 Å². The minimum atomic E-state index is -0.110. The summed E-state index contributed by atoms with van der Waals surface area (Å²) >= 11 is 6.47. The highest BCUT2D eigenvalue weighted by atomic mass is 32.2. The molecule has 0 spiro atoms. The Kier molecular flexibility index (Phi) is 4.57. The number of hydrogen-bond donors (Lipinski definition) is 1. The fourth-order valence-electron chi connectivity index (χ4n) is 1.79. The summed E-state index contributed by atoms with van der Waals surface area (Å²) in [4.78, 5) is 25.2. The molecule has 1 aromatic carbocycles. The highest BCUT2D eigenvalue weighted by Crippen LogP contribution is 2.32. The average molecular weight is 306 g/mol. The van der Waals surface area contributed by atoms with Crippen molar-refractivity contribution in [3.05, 3.63) is 34.7 Å². The van der Waals surface area contributed by atoms with Crippen LogP contribution >= 0.6 is 24.0 Å². The Balaban J connectivity index is 2.17. The molecule has 4 nitrogen and oxygen atoms in total. The van der Waals surface area contributed by atoms with E-state index in [2.05, 4.69) is 5.32 Å². The number of hydrogen-bond acceptors (Lipinski definition) is 4. The number of rotatable bonds is 3. The summed E-state index contributed by atoms with van der Waals surface area (Å²) in [6.45, 7) is 3.95. The monoisotopic (exact) mass is 306 g/mol. The van der Waals surface area contributed by atoms with E-state index in [-0.39, 0.29) is 11.8 Å². The Labute approximate surface area is 127 Å². The molecule has 0 atom stereocenters. The van der Waals surface area contributed by atoms with Gasteiger partial charge in [-0.3, -0.25) is 14.5 Å². The largest absolute Gasteiger partial charge is 0.326 e. The first-order valence-electron chi connectivity index (χ1n) is 6.14. The van der Waals surface area contributed by atoms with E-state index in [1.54, 1.807) is 17.0 Å². The van der Waals surface area contributed by atoms with Crippen LogP contribution in [0.2, 0.25) is 0 Å². The molecule has 1 aliphatic rings. The Morgan fingerprint density at radius 3 is 2.55 bits per heavy atom. The number of anilines is 1. The number of carbonyl (C=O) groups excluding carboxylic acids is 2. The molecule has 1 heterocycles. The summed E-state index contributed by atoms with van der Waals surface area (Å²) in [6.07, 6.45) is 1.81. The predicted octanol–water partition coefficient (Wildman–Crippen LogP) is 2.87. The normalized spacial score (nSPS) is 16.9. The van der Waals surface area contributed by atoms with Crippen molar-refractivity contribution in [1.29, 1.82) is 0 Å². The summed E-state index contributed by atoms with van der Waals surface area (Å²) in [6, 6.07) is 7.30. The lowest BCUT2D eigenvalue weighted by Crippen LogP contribution is -2.27. The van der Waals surface area contributed by atoms with E-state index in [4.69, 9.17) is 12.2 Å². The minimum Gasteiger partial charge on any atom is -0.326 e. The third kappa shape index (κ3) is 3.26. The van der Waals surface area contributed by atoms with Gasteiger partial charge >= 0.3 is 0 Å². The van der Waals surface area contributed by atoms with Gasteiger partial charge in [-0.1, -0.05) is 36.1 Å². The number of thioether (sulfide) groups is 1. The lowest BCUT2D eigenvalue weighted by atomic mass is 10.2. The molecule has 1 aromatic rings. The molecule has 1 N–H and O–H groups in total. The van der Waals surface area contributed by atoms with Crippen LogP contribution in [-0.4, -0.2) is 27.6 Å². The molecule has 1 fully saturated rings. The maximum atomic E-state index is 12.1. The second-order valence-corrected chi connectivity index (χ2v) is 5.90. The molecule has 20 heavy (non-hydrogen) atoms. The van der Waals surface area contributed by atoms with E-state index < -0.39 is 0 Å². The molecule has 0 aliphatic carbocycles. The van der Waals surface area contributed by atoms with E-state index >= 15 is 0 Å². The number of nitrogens with one attached hydrogen (secondary N) is 1. The topological polar surface area (TPSA) is 49.4 Å². The van der Waals surface area contributed by atoms with Gasteiger partial charge in [-0.25, -0.2) is 0 Å². The van der Waals surface area contributed by atoms with Crippen LogP contribution in [-0.2, 0) is 9.59 Å². The molecule has 0 bridgehead atoms. The van der Waals surface area contributed by atoms with Gasteiger partial charge in [0.1, 0.15) is 4.32 Å². The Bertz CT molecular complexity index is 594. The zero-order chi connectivity index (χ0) is 14.7. The van der Waals surface area contributed by atoms with Crippen LogP contribution in [0.4, 0.5) is 5.69 Å². The van der Waals surface area contributed by atoms with Crippen LogP contribution in [0.25, 0.3) is 6.08 Å². The van der Waals surface area contributed by atoms with Crippen molar-refractivity contribution in [1.82, 2.24) is 4.90 Å². The van der Waals surface area contributed by atoms with Crippen LogP contribution in [0.1, 0.15) is 19.4 Å². The SMILES string of the molecule is CCN1C(=O)/C(=C/c2ccc(NC(C)=O)cc2)SC1=S. The van der Waals surface area contributed by atoms with Gasteiger partial charge in [0.15, 0.2) is 0 Å². The van der Waals surface area contributed by atoms with Gasteiger partial charge in [-0.2, -0.15) is 0 Å². The van der Waals surface area contributed by atoms with Crippen molar-refractivity contribution in [2.75, 3.05) is 11.9 Å². The first kappa shape index (κ1) is 14.7. The number of carbonyl (C=O) groups is 2. The van der Waals surface area contributed by atoms with Crippen molar-refractivity contribution >= 4 is 51.9 Å². The molecule has 104 valence electrons. The number of thiocarbonyl (C=S) groups is 1. The van der Waals surface area contributed by atoms with Gasteiger partial charge in [0.2, 0.25) is 5.91 Å². The third-order valence-corrected chi connectivity index (χ3v) is 4.10. The third-order valence-electron chi connectivity index (χ3n) is 2.72. The van der Waals surface area contributed by atoms with Crippen molar-refractivity contribution in [2.24, 2.45) is 0 Å². The quantitative estimate of drug-likeness (QED) is 0.689. The highest BCUT2D eigenvalue weighted by molar-refractivity contribution is 8.26. The fourth-order valence-corrected chi connectivity index (χ4v) is 3.17. The molecule has 2 amide bonds. The van der Waals surface area contributed by atoms with Gasteiger partial charge in [-0.15, -0.1) is 0 Å². The molecule has 0 aromatic heterocycles. The van der Waals surface area contributed by atoms with Crippen molar-refractivity contribution < 1.29 is 9.59 Å². The Morgan fingerprint density at radius 2 is 2.05 bits per heavy atom. The van der Waals surface area contributed by atoms with Crippen LogP contribution in [0, 0.1) is 0 Å². The molecule has 1 aliphatic heterocycles. The lowest BCUT2D eigenvalue weighted by molar-refractivity contribution is -0.122. The smallest absolute Gasteiger partial charge is 0.266 e. The van der Waals surface area contributed by atoms with E-state index in [1.165, 1.54) is 18.7 Å². The molecule has 2 rings (SSSR count). The van der Waals surface area contributed by atoms with Gasteiger partial charge in [0.25, 0.3) is 5.91 Å². The summed E-state index contributed by atoms with van der Waals surface area (Å²) in [7, 11) is 0. The number of nitrogens with zero attached hydrogens (tertiary/aromatic N) is 1. The van der Waals surface area contributed by atoms with Gasteiger partial charge in [-0.05, 0) is 30.7 Å². The summed E-state index contributed by atoms with van der Waals surface area (Å²) in [5.74, 6) is -0.157. The molecule has 6 heteroatoms. The second kappa shape index (κ2) is 6.19. The van der Waals surface area contributed by atoms with Crippen LogP contribution in [0.15, 0.2) is 29.2 Å². The molecule has 1 saturated heterocycles. The zero-order valence-electron chi connectivity index (χ0n) is 11.2. The first-order chi connectivity index (χ1) is 9.51. The van der Waals surface area contributed by atoms with E-state index in [0.717, 1.165) is 11.3 Å². The Morgan fingerprint density at radius 1 is 1.40 bits per heavy atom. The standard InChI is InChI=1S/C14H14N2O2S2/c1-3-16-13(18)12(20-14(16)19)8-10-4-6-11(7-5-10)15-9(2)17/h4-8H,3H2,1-2H3,(H,15,17)/b12-8-. The van der Waals surface area contributed by atoms with E-state index in [9.17, 15) is 9.59 Å². The molecule has 0 unspecified atom stereocenters. The summed E-state index contributed by atoms with van der Waals surface area (Å²) < 4.78 is 0.596. The minimum absolute atomic E-state index is 0.0477. The summed E-state index contributed by atoms with van der Waals surface area (Å²) in [5.41, 5.74) is 1.63. The van der Waals surface area contributed by atoms with E-state index in [1.807, 2.05) is 25.1 Å². The van der Waals surface area contributed by atoms with Crippen LogP contribution < -0.4 is 5.32 Å². The Hall–Kier alpha value is -1.66. The van der Waals surface area contributed by atoms with Crippen molar-refractivity contribution in [2.45, 2.75) is 13.8 Å².